The van der Waals surface area contributed by atoms with Crippen LogP contribution < -0.4 is 5.32 Å². The minimum Gasteiger partial charge on any atom is -0.306 e. The minimum atomic E-state index is -0.241. The predicted molar refractivity (Wildman–Crippen MR) is 108 cm³/mol. The maximum absolute atomic E-state index is 13.7. The number of aromatic nitrogens is 4. The van der Waals surface area contributed by atoms with Gasteiger partial charge in [-0.2, -0.15) is 10.2 Å². The van der Waals surface area contributed by atoms with E-state index >= 15 is 0 Å². The first-order valence-electron chi connectivity index (χ1n) is 9.95. The van der Waals surface area contributed by atoms with E-state index in [2.05, 4.69) is 49.4 Å². The SMILES string of the molecule is CCn1cc(CN[C@@H]2CC(C)(C)Cc3c2cnn3-c2cccc(F)c2)c(C)n1. The molecule has 1 aliphatic carbocycles. The first-order valence-corrected chi connectivity index (χ1v) is 9.95. The molecule has 0 saturated carbocycles. The number of nitrogens with zero attached hydrogens (tertiary/aromatic N) is 4. The molecule has 0 aliphatic heterocycles. The van der Waals surface area contributed by atoms with Gasteiger partial charge < -0.3 is 5.32 Å². The van der Waals surface area contributed by atoms with Crippen LogP contribution >= 0.6 is 0 Å². The van der Waals surface area contributed by atoms with Gasteiger partial charge in [0, 0.05) is 42.1 Å². The van der Waals surface area contributed by atoms with Crippen LogP contribution in [0.1, 0.15) is 55.7 Å². The molecular formula is C22H28FN5. The highest BCUT2D eigenvalue weighted by molar-refractivity contribution is 5.38. The molecule has 0 saturated heterocycles. The van der Waals surface area contributed by atoms with Crippen molar-refractivity contribution in [3.8, 4) is 5.69 Å². The number of nitrogens with one attached hydrogen (secondary N) is 1. The van der Waals surface area contributed by atoms with E-state index in [1.54, 1.807) is 12.1 Å². The van der Waals surface area contributed by atoms with Crippen LogP contribution in [0.25, 0.3) is 5.69 Å². The second kappa shape index (κ2) is 7.17. The number of hydrogen-bond acceptors (Lipinski definition) is 3. The van der Waals surface area contributed by atoms with Crippen molar-refractivity contribution in [3.63, 3.8) is 0 Å². The second-order valence-corrected chi connectivity index (χ2v) is 8.51. The smallest absolute Gasteiger partial charge is 0.125 e. The monoisotopic (exact) mass is 381 g/mol. The van der Waals surface area contributed by atoms with Crippen molar-refractivity contribution >= 4 is 0 Å². The topological polar surface area (TPSA) is 47.7 Å². The van der Waals surface area contributed by atoms with Gasteiger partial charge in [0.2, 0.25) is 0 Å². The molecule has 3 aromatic rings. The van der Waals surface area contributed by atoms with Crippen LogP contribution in [0.3, 0.4) is 0 Å². The molecule has 2 aromatic heterocycles. The lowest BCUT2D eigenvalue weighted by Gasteiger charge is -2.36. The molecule has 1 aromatic carbocycles. The van der Waals surface area contributed by atoms with Gasteiger partial charge in [0.05, 0.1) is 17.6 Å². The van der Waals surface area contributed by atoms with Crippen molar-refractivity contribution in [2.75, 3.05) is 0 Å². The molecule has 2 heterocycles. The fraction of sp³-hybridized carbons (Fsp3) is 0.455. The number of halogens is 1. The maximum Gasteiger partial charge on any atom is 0.125 e. The molecule has 1 atom stereocenters. The van der Waals surface area contributed by atoms with Crippen LogP contribution in [0.15, 0.2) is 36.7 Å². The molecule has 6 heteroatoms. The summed E-state index contributed by atoms with van der Waals surface area (Å²) >= 11 is 0. The quantitative estimate of drug-likeness (QED) is 0.715. The average Bonchev–Trinajstić information content (AvgIpc) is 3.22. The summed E-state index contributed by atoms with van der Waals surface area (Å²) in [6.07, 6.45) is 6.02. The average molecular weight is 381 g/mol. The van der Waals surface area contributed by atoms with Crippen LogP contribution in [-0.2, 0) is 19.5 Å². The lowest BCUT2D eigenvalue weighted by atomic mass is 9.74. The van der Waals surface area contributed by atoms with Gasteiger partial charge in [0.15, 0.2) is 0 Å². The van der Waals surface area contributed by atoms with Crippen molar-refractivity contribution in [3.05, 3.63) is 65.0 Å². The molecule has 1 aliphatic rings. The zero-order valence-corrected chi connectivity index (χ0v) is 17.0. The summed E-state index contributed by atoms with van der Waals surface area (Å²) in [4.78, 5) is 0. The lowest BCUT2D eigenvalue weighted by molar-refractivity contribution is 0.252. The van der Waals surface area contributed by atoms with Gasteiger partial charge >= 0.3 is 0 Å². The zero-order valence-electron chi connectivity index (χ0n) is 17.0. The molecule has 148 valence electrons. The Hall–Kier alpha value is -2.47. The van der Waals surface area contributed by atoms with E-state index in [1.165, 1.54) is 22.9 Å². The summed E-state index contributed by atoms with van der Waals surface area (Å²) in [5.74, 6) is -0.241. The molecule has 0 bridgehead atoms. The van der Waals surface area contributed by atoms with Gasteiger partial charge in [-0.3, -0.25) is 4.68 Å². The van der Waals surface area contributed by atoms with E-state index in [-0.39, 0.29) is 17.3 Å². The summed E-state index contributed by atoms with van der Waals surface area (Å²) in [6.45, 7) is 10.4. The highest BCUT2D eigenvalue weighted by Gasteiger charge is 2.35. The number of fused-ring (bicyclic) bond motifs is 1. The Morgan fingerprint density at radius 1 is 1.32 bits per heavy atom. The number of rotatable bonds is 5. The van der Waals surface area contributed by atoms with Gasteiger partial charge in [0.1, 0.15) is 5.82 Å². The third-order valence-electron chi connectivity index (χ3n) is 5.64. The van der Waals surface area contributed by atoms with Crippen LogP contribution in [0, 0.1) is 18.2 Å². The van der Waals surface area contributed by atoms with Crippen molar-refractivity contribution in [1.29, 1.82) is 0 Å². The van der Waals surface area contributed by atoms with Gasteiger partial charge in [-0.25, -0.2) is 9.07 Å². The van der Waals surface area contributed by atoms with Crippen molar-refractivity contribution in [2.45, 2.75) is 59.7 Å². The largest absolute Gasteiger partial charge is 0.306 e. The summed E-state index contributed by atoms with van der Waals surface area (Å²) in [5, 5.41) is 12.9. The Morgan fingerprint density at radius 3 is 2.86 bits per heavy atom. The number of hydrogen-bond donors (Lipinski definition) is 1. The van der Waals surface area contributed by atoms with Gasteiger partial charge in [-0.05, 0) is 50.3 Å². The first-order chi connectivity index (χ1) is 13.4. The lowest BCUT2D eigenvalue weighted by Crippen LogP contribution is -2.33. The van der Waals surface area contributed by atoms with Crippen molar-refractivity contribution < 1.29 is 4.39 Å². The Morgan fingerprint density at radius 2 is 2.14 bits per heavy atom. The van der Waals surface area contributed by atoms with Crippen LogP contribution in [0.4, 0.5) is 4.39 Å². The van der Waals surface area contributed by atoms with E-state index in [0.717, 1.165) is 37.3 Å². The summed E-state index contributed by atoms with van der Waals surface area (Å²) < 4.78 is 17.6. The van der Waals surface area contributed by atoms with E-state index in [4.69, 9.17) is 0 Å². The normalized spacial score (nSPS) is 18.2. The maximum atomic E-state index is 13.7. The van der Waals surface area contributed by atoms with Gasteiger partial charge in [-0.1, -0.05) is 19.9 Å². The summed E-state index contributed by atoms with van der Waals surface area (Å²) in [6, 6.07) is 6.86. The Labute approximate surface area is 165 Å². The summed E-state index contributed by atoms with van der Waals surface area (Å²) in [7, 11) is 0. The fourth-order valence-electron chi connectivity index (χ4n) is 4.18. The minimum absolute atomic E-state index is 0.137. The zero-order chi connectivity index (χ0) is 19.9. The number of benzene rings is 1. The molecule has 0 spiro atoms. The van der Waals surface area contributed by atoms with E-state index in [9.17, 15) is 4.39 Å². The van der Waals surface area contributed by atoms with Gasteiger partial charge in [-0.15, -0.1) is 0 Å². The highest BCUT2D eigenvalue weighted by atomic mass is 19.1. The second-order valence-electron chi connectivity index (χ2n) is 8.51. The molecule has 0 radical (unpaired) electrons. The van der Waals surface area contributed by atoms with Crippen LogP contribution in [-0.4, -0.2) is 19.6 Å². The van der Waals surface area contributed by atoms with Crippen molar-refractivity contribution in [1.82, 2.24) is 24.9 Å². The van der Waals surface area contributed by atoms with Crippen molar-refractivity contribution in [2.24, 2.45) is 5.41 Å². The first kappa shape index (κ1) is 18.9. The Bertz CT molecular complexity index is 985. The van der Waals surface area contributed by atoms with Crippen LogP contribution in [0.2, 0.25) is 0 Å². The van der Waals surface area contributed by atoms with Gasteiger partial charge in [0.25, 0.3) is 0 Å². The fourth-order valence-corrected chi connectivity index (χ4v) is 4.18. The molecule has 0 amide bonds. The third kappa shape index (κ3) is 3.61. The van der Waals surface area contributed by atoms with Crippen LogP contribution in [0.5, 0.6) is 0 Å². The van der Waals surface area contributed by atoms with E-state index < -0.39 is 0 Å². The number of aryl methyl sites for hydroxylation is 2. The molecular weight excluding hydrogens is 353 g/mol. The summed E-state index contributed by atoms with van der Waals surface area (Å²) in [5.41, 5.74) is 5.59. The predicted octanol–water partition coefficient (Wildman–Crippen LogP) is 4.34. The standard InChI is InChI=1S/C22H28FN5/c1-5-27-14-16(15(2)26-27)12-24-20-10-22(3,4)11-21-19(20)13-25-28(21)18-8-6-7-17(23)9-18/h6-9,13-14,20,24H,5,10-12H2,1-4H3/t20-/m1/s1. The Kier molecular flexibility index (Phi) is 4.83. The molecule has 5 nitrogen and oxygen atoms in total. The molecule has 0 unspecified atom stereocenters. The molecule has 4 rings (SSSR count). The third-order valence-corrected chi connectivity index (χ3v) is 5.64. The Balaban J connectivity index is 1.63. The van der Waals surface area contributed by atoms with E-state index in [1.807, 2.05) is 21.6 Å². The van der Waals surface area contributed by atoms with E-state index in [0.29, 0.717) is 0 Å². The molecule has 0 fully saturated rings. The highest BCUT2D eigenvalue weighted by Crippen LogP contribution is 2.41. The molecule has 1 N–H and O–H groups in total. The molecule has 28 heavy (non-hydrogen) atoms.